The van der Waals surface area contributed by atoms with Crippen LogP contribution < -0.4 is 20.1 Å². The van der Waals surface area contributed by atoms with Crippen molar-refractivity contribution in [2.75, 3.05) is 45.7 Å². The van der Waals surface area contributed by atoms with E-state index in [9.17, 15) is 14.7 Å². The number of halogens is 2. The maximum Gasteiger partial charge on any atom is 0.261 e. The zero-order chi connectivity index (χ0) is 32.8. The largest absolute Gasteiger partial charge is 0.504 e. The number of nitrogens with one attached hydrogen (secondary N) is 1. The Morgan fingerprint density at radius 2 is 1.78 bits per heavy atom. The number of ether oxygens (including phenoxy) is 3. The molecule has 2 aromatic carbocycles. The van der Waals surface area contributed by atoms with Crippen molar-refractivity contribution in [1.82, 2.24) is 14.8 Å². The molecule has 2 heterocycles. The first-order valence-corrected chi connectivity index (χ1v) is 14.2. The number of hydrogen-bond donors (Lipinski definition) is 3. The van der Waals surface area contributed by atoms with Crippen LogP contribution in [0.4, 0.5) is 14.5 Å². The third-order valence-electron chi connectivity index (χ3n) is 7.39. The van der Waals surface area contributed by atoms with Crippen molar-refractivity contribution in [1.29, 1.82) is 5.41 Å². The fraction of sp³-hybridized carbons (Fsp3) is 0.355. The number of likely N-dealkylation sites (tertiary alicyclic amines) is 1. The number of phenols is 1. The van der Waals surface area contributed by atoms with Crippen LogP contribution >= 0.6 is 0 Å². The number of phenolic OH excluding ortho intramolecular Hbond substituents is 1. The minimum absolute atomic E-state index is 0.0609. The summed E-state index contributed by atoms with van der Waals surface area (Å²) in [6, 6.07) is 9.46. The number of pyridine rings is 1. The van der Waals surface area contributed by atoms with E-state index in [0.29, 0.717) is 32.5 Å². The van der Waals surface area contributed by atoms with Crippen molar-refractivity contribution in [3.63, 3.8) is 0 Å². The summed E-state index contributed by atoms with van der Waals surface area (Å²) in [4.78, 5) is 32.6. The summed E-state index contributed by atoms with van der Waals surface area (Å²) in [5, 5.41) is 18.1. The predicted octanol–water partition coefficient (Wildman–Crippen LogP) is 4.10. The Morgan fingerprint density at radius 1 is 1.11 bits per heavy atom. The molecular formula is C31H36F2N6O6. The van der Waals surface area contributed by atoms with E-state index in [1.165, 1.54) is 47.2 Å². The van der Waals surface area contributed by atoms with Crippen molar-refractivity contribution in [3.05, 3.63) is 65.2 Å². The molecule has 1 saturated heterocycles. The molecular weight excluding hydrogens is 590 g/mol. The summed E-state index contributed by atoms with van der Waals surface area (Å²) in [7, 11) is 4.69. The van der Waals surface area contributed by atoms with Gasteiger partial charge in [0.25, 0.3) is 17.7 Å². The summed E-state index contributed by atoms with van der Waals surface area (Å²) in [5.74, 6) is -4.87. The summed E-state index contributed by atoms with van der Waals surface area (Å²) < 4.78 is 49.2. The predicted molar refractivity (Wildman–Crippen MR) is 162 cm³/mol. The average molecular weight is 627 g/mol. The maximum absolute atomic E-state index is 16.2. The molecule has 1 unspecified atom stereocenters. The number of carbonyl (C=O) groups is 2. The Kier molecular flexibility index (Phi) is 10.5. The molecule has 14 heteroatoms. The number of nitrogens with zero attached hydrogens (tertiary/aromatic N) is 4. The fourth-order valence-electron chi connectivity index (χ4n) is 4.98. The van der Waals surface area contributed by atoms with E-state index in [4.69, 9.17) is 25.4 Å². The second-order valence-corrected chi connectivity index (χ2v) is 10.6. The van der Waals surface area contributed by atoms with Crippen molar-refractivity contribution in [2.24, 2.45) is 5.73 Å². The molecule has 0 spiro atoms. The number of piperidine rings is 1. The molecule has 1 atom stereocenters. The average Bonchev–Trinajstić information content (AvgIpc) is 3.02. The Bertz CT molecular complexity index is 1560. The number of nitrogen functional groups attached to an aromatic ring is 1. The van der Waals surface area contributed by atoms with E-state index in [0.717, 1.165) is 6.29 Å². The number of amidine groups is 1. The highest BCUT2D eigenvalue weighted by atomic mass is 19.1. The van der Waals surface area contributed by atoms with Gasteiger partial charge in [0.2, 0.25) is 11.6 Å². The standard InChI is InChI=1S/C31H36F2N6O6/c1-5-43-24(17-40)39-13-11-20(12-14-39)38(4)27-25(32)29(44-21-8-6-7-19(15-21)31(42)37(2)3)36-30(26(27)33)45-23-16-18(28(34)35)9-10-22(23)41/h6-10,15-17,20,24,41H,5,11-14H2,1-4H3,(H3,34,35). The molecule has 3 aromatic rings. The van der Waals surface area contributed by atoms with Gasteiger partial charge >= 0.3 is 0 Å². The van der Waals surface area contributed by atoms with Crippen LogP contribution in [0.3, 0.4) is 0 Å². The van der Waals surface area contributed by atoms with Crippen LogP contribution in [0.2, 0.25) is 0 Å². The molecule has 45 heavy (non-hydrogen) atoms. The molecule has 4 N–H and O–H groups in total. The third kappa shape index (κ3) is 7.46. The van der Waals surface area contributed by atoms with Crippen LogP contribution in [-0.4, -0.2) is 91.0 Å². The van der Waals surface area contributed by atoms with Gasteiger partial charge in [-0.1, -0.05) is 6.07 Å². The molecule has 240 valence electrons. The lowest BCUT2D eigenvalue weighted by Crippen LogP contribution is -2.49. The van der Waals surface area contributed by atoms with E-state index >= 15 is 8.78 Å². The molecule has 0 aliphatic carbocycles. The number of nitrogens with two attached hydrogens (primary N) is 1. The number of rotatable bonds is 12. The highest BCUT2D eigenvalue weighted by Gasteiger charge is 2.33. The molecule has 0 radical (unpaired) electrons. The van der Waals surface area contributed by atoms with Crippen molar-refractivity contribution < 1.29 is 37.7 Å². The van der Waals surface area contributed by atoms with E-state index < -0.39 is 41.1 Å². The van der Waals surface area contributed by atoms with Crippen LogP contribution in [0.15, 0.2) is 42.5 Å². The van der Waals surface area contributed by atoms with Gasteiger partial charge in [-0.3, -0.25) is 19.9 Å². The summed E-state index contributed by atoms with van der Waals surface area (Å²) >= 11 is 0. The number of aldehydes is 1. The van der Waals surface area contributed by atoms with Crippen LogP contribution in [0.1, 0.15) is 35.7 Å². The molecule has 1 aromatic heterocycles. The van der Waals surface area contributed by atoms with Gasteiger partial charge in [0, 0.05) is 58.0 Å². The van der Waals surface area contributed by atoms with Gasteiger partial charge in [-0.15, -0.1) is 0 Å². The van der Waals surface area contributed by atoms with Crippen LogP contribution in [-0.2, 0) is 9.53 Å². The lowest BCUT2D eigenvalue weighted by Gasteiger charge is -2.39. The molecule has 12 nitrogen and oxygen atoms in total. The van der Waals surface area contributed by atoms with E-state index in [1.807, 2.05) is 4.90 Å². The van der Waals surface area contributed by atoms with Crippen LogP contribution in [0.25, 0.3) is 0 Å². The number of hydrogen-bond acceptors (Lipinski definition) is 10. The number of amides is 1. The molecule has 1 aliphatic heterocycles. The smallest absolute Gasteiger partial charge is 0.261 e. The van der Waals surface area contributed by atoms with Gasteiger partial charge < -0.3 is 34.9 Å². The first kappa shape index (κ1) is 33.1. The molecule has 0 bridgehead atoms. The van der Waals surface area contributed by atoms with Crippen molar-refractivity contribution in [3.8, 4) is 29.0 Å². The van der Waals surface area contributed by atoms with E-state index in [-0.39, 0.29) is 40.4 Å². The lowest BCUT2D eigenvalue weighted by molar-refractivity contribution is -0.132. The highest BCUT2D eigenvalue weighted by Crippen LogP contribution is 2.41. The van der Waals surface area contributed by atoms with Crippen LogP contribution in [0.5, 0.6) is 29.0 Å². The third-order valence-corrected chi connectivity index (χ3v) is 7.39. The van der Waals surface area contributed by atoms with Gasteiger partial charge in [0.15, 0.2) is 24.0 Å². The maximum atomic E-state index is 16.2. The SMILES string of the molecule is CCOC(C=O)N1CCC(N(C)c2c(F)c(Oc3cccc(C(=O)N(C)C)c3)nc(Oc3cc(C(=N)N)ccc3O)c2F)CC1. The zero-order valence-corrected chi connectivity index (χ0v) is 25.4. The highest BCUT2D eigenvalue weighted by molar-refractivity contribution is 5.95. The first-order valence-electron chi connectivity index (χ1n) is 14.2. The Balaban J connectivity index is 1.74. The Hall–Kier alpha value is -4.82. The Morgan fingerprint density at radius 3 is 2.38 bits per heavy atom. The van der Waals surface area contributed by atoms with Gasteiger partial charge in [-0.25, -0.2) is 0 Å². The van der Waals surface area contributed by atoms with Gasteiger partial charge in [0.05, 0.1) is 0 Å². The molecule has 1 aliphatic rings. The summed E-state index contributed by atoms with van der Waals surface area (Å²) in [5.41, 5.74) is 5.53. The second-order valence-electron chi connectivity index (χ2n) is 10.6. The fourth-order valence-corrected chi connectivity index (χ4v) is 4.98. The van der Waals surface area contributed by atoms with Crippen LogP contribution in [0, 0.1) is 17.0 Å². The minimum atomic E-state index is -1.16. The number of aromatic nitrogens is 1. The zero-order valence-electron chi connectivity index (χ0n) is 25.4. The lowest BCUT2D eigenvalue weighted by atomic mass is 10.0. The molecule has 1 amide bonds. The quantitative estimate of drug-likeness (QED) is 0.152. The molecule has 0 saturated carbocycles. The minimum Gasteiger partial charge on any atom is -0.504 e. The van der Waals surface area contributed by atoms with E-state index in [1.54, 1.807) is 33.2 Å². The van der Waals surface area contributed by atoms with Crippen molar-refractivity contribution >= 4 is 23.7 Å². The number of aromatic hydroxyl groups is 1. The summed E-state index contributed by atoms with van der Waals surface area (Å²) in [6.45, 7) is 3.03. The van der Waals surface area contributed by atoms with E-state index in [2.05, 4.69) is 4.98 Å². The Labute approximate surface area is 259 Å². The topological polar surface area (TPSA) is 155 Å². The number of carbonyl (C=O) groups excluding carboxylic acids is 2. The first-order chi connectivity index (χ1) is 21.4. The number of anilines is 1. The van der Waals surface area contributed by atoms with Crippen molar-refractivity contribution in [2.45, 2.75) is 32.0 Å². The monoisotopic (exact) mass is 626 g/mol. The second kappa shape index (κ2) is 14.3. The van der Waals surface area contributed by atoms with Gasteiger partial charge in [-0.2, -0.15) is 13.8 Å². The van der Waals surface area contributed by atoms with Gasteiger partial charge in [-0.05, 0) is 56.2 Å². The van der Waals surface area contributed by atoms with Gasteiger partial charge in [0.1, 0.15) is 17.3 Å². The number of benzene rings is 2. The molecule has 1 fully saturated rings. The summed E-state index contributed by atoms with van der Waals surface area (Å²) in [6.07, 6.45) is 0.930. The normalized spacial score (nSPS) is 14.4. The molecule has 4 rings (SSSR count).